The number of halogens is 1. The van der Waals surface area contributed by atoms with Crippen molar-refractivity contribution in [1.82, 2.24) is 10.0 Å². The van der Waals surface area contributed by atoms with Gasteiger partial charge in [-0.3, -0.25) is 0 Å². The highest BCUT2D eigenvalue weighted by Gasteiger charge is 1.74. The summed E-state index contributed by atoms with van der Waals surface area (Å²) in [6.07, 6.45) is 2.60. The zero-order valence-corrected chi connectivity index (χ0v) is 5.00. The summed E-state index contributed by atoms with van der Waals surface area (Å²) in [5, 5.41) is 3.17. The fraction of sp³-hybridized carbons (Fsp3) is 0.400. The molecule has 0 radical (unpaired) electrons. The van der Waals surface area contributed by atoms with E-state index in [1.54, 1.807) is 0 Å². The van der Waals surface area contributed by atoms with Crippen LogP contribution >= 0.6 is 0 Å². The Morgan fingerprint density at radius 3 is 2.25 bits per heavy atom. The smallest absolute Gasteiger partial charge is 0.0608 e. The van der Waals surface area contributed by atoms with E-state index in [2.05, 4.69) is 5.10 Å². The van der Waals surface area contributed by atoms with Crippen LogP contribution < -0.4 is 0 Å². The molecule has 0 amide bonds. The second kappa shape index (κ2) is 4.30. The van der Waals surface area contributed by atoms with E-state index in [9.17, 15) is 4.48 Å². The first-order valence-electron chi connectivity index (χ1n) is 2.55. The zero-order chi connectivity index (χ0) is 6.41. The van der Waals surface area contributed by atoms with Gasteiger partial charge >= 0.3 is 0 Å². The third-order valence-electron chi connectivity index (χ3n) is 0.472. The molecular formula is C5H9FN2. The summed E-state index contributed by atoms with van der Waals surface area (Å²) in [5.41, 5.74) is 0. The Balaban J connectivity index is 0.000000222. The maximum atomic E-state index is 11.5. The molecule has 1 rings (SSSR count). The molecule has 0 aliphatic rings. The second-order valence-electron chi connectivity index (χ2n) is 0.895. The lowest BCUT2D eigenvalue weighted by atomic mass is 10.8. The van der Waals surface area contributed by atoms with Crippen LogP contribution in [0.15, 0.2) is 18.5 Å². The van der Waals surface area contributed by atoms with Gasteiger partial charge in [-0.2, -0.15) is 5.10 Å². The zero-order valence-electron chi connectivity index (χ0n) is 5.00. The Kier molecular flexibility index (Phi) is 3.84. The maximum absolute atomic E-state index is 11.5. The predicted octanol–water partition coefficient (Wildman–Crippen LogP) is 1.64. The summed E-state index contributed by atoms with van der Waals surface area (Å²) in [6.45, 7) is 4.00. The monoisotopic (exact) mass is 116 g/mol. The number of hydrogen-bond donors (Lipinski definition) is 0. The van der Waals surface area contributed by atoms with Crippen LogP contribution in [0.1, 0.15) is 13.8 Å². The fourth-order valence-corrected chi connectivity index (χ4v) is 0.250. The van der Waals surface area contributed by atoms with Gasteiger partial charge in [0.1, 0.15) is 0 Å². The van der Waals surface area contributed by atoms with Crippen molar-refractivity contribution in [3.63, 3.8) is 0 Å². The Hall–Kier alpha value is -0.860. The molecule has 0 fully saturated rings. The minimum Gasteiger partial charge on any atom is -0.151 e. The average Bonchev–Trinajstić information content (AvgIpc) is 2.24. The first kappa shape index (κ1) is 7.14. The molecule has 3 heteroatoms. The molecule has 0 atom stereocenters. The highest BCUT2D eigenvalue weighted by atomic mass is 19.2. The summed E-state index contributed by atoms with van der Waals surface area (Å²) < 4.78 is 11.5. The molecule has 0 aliphatic carbocycles. The van der Waals surface area contributed by atoms with E-state index in [4.69, 9.17) is 0 Å². The Morgan fingerprint density at radius 2 is 2.12 bits per heavy atom. The molecule has 0 aromatic carbocycles. The lowest BCUT2D eigenvalue weighted by Crippen LogP contribution is -1.75. The maximum Gasteiger partial charge on any atom is 0.0608 e. The summed E-state index contributed by atoms with van der Waals surface area (Å²) in [4.78, 5) is 0.250. The van der Waals surface area contributed by atoms with Crippen LogP contribution in [-0.4, -0.2) is 10.0 Å². The molecule has 0 saturated carbocycles. The van der Waals surface area contributed by atoms with Gasteiger partial charge < -0.3 is 0 Å². The van der Waals surface area contributed by atoms with Crippen molar-refractivity contribution < 1.29 is 4.48 Å². The van der Waals surface area contributed by atoms with Gasteiger partial charge in [-0.05, 0) is 6.07 Å². The van der Waals surface area contributed by atoms with Crippen molar-refractivity contribution >= 4 is 0 Å². The number of nitrogens with zero attached hydrogens (tertiary/aromatic N) is 2. The minimum absolute atomic E-state index is 0.250. The van der Waals surface area contributed by atoms with Gasteiger partial charge in [0.25, 0.3) is 0 Å². The van der Waals surface area contributed by atoms with Crippen molar-refractivity contribution in [3.05, 3.63) is 18.5 Å². The lowest BCUT2D eigenvalue weighted by Gasteiger charge is -1.69. The van der Waals surface area contributed by atoms with Gasteiger partial charge in [-0.15, -0.1) is 4.90 Å². The minimum atomic E-state index is 0.250. The standard InChI is InChI=1S/C3H3FN2.C2H6/c4-6-3-1-2-5-6;1-2/h1-3H;1-2H3. The topological polar surface area (TPSA) is 17.8 Å². The van der Waals surface area contributed by atoms with Crippen LogP contribution in [0.3, 0.4) is 0 Å². The van der Waals surface area contributed by atoms with Crippen LogP contribution in [0.2, 0.25) is 0 Å². The average molecular weight is 116 g/mol. The normalized spacial score (nSPS) is 7.38. The van der Waals surface area contributed by atoms with Crippen molar-refractivity contribution in [2.24, 2.45) is 0 Å². The van der Waals surface area contributed by atoms with Crippen molar-refractivity contribution in [2.45, 2.75) is 13.8 Å². The molecule has 8 heavy (non-hydrogen) atoms. The van der Waals surface area contributed by atoms with E-state index in [0.717, 1.165) is 0 Å². The third kappa shape index (κ3) is 2.34. The van der Waals surface area contributed by atoms with E-state index in [1.165, 1.54) is 18.5 Å². The molecule has 1 heterocycles. The van der Waals surface area contributed by atoms with Crippen molar-refractivity contribution in [2.75, 3.05) is 0 Å². The van der Waals surface area contributed by atoms with Gasteiger partial charge in [0.05, 0.1) is 12.4 Å². The van der Waals surface area contributed by atoms with Crippen molar-refractivity contribution in [1.29, 1.82) is 0 Å². The highest BCUT2D eigenvalue weighted by Crippen LogP contribution is 1.78. The molecule has 1 aromatic heterocycles. The highest BCUT2D eigenvalue weighted by molar-refractivity contribution is 4.74. The first-order chi connectivity index (χ1) is 3.89. The predicted molar refractivity (Wildman–Crippen MR) is 30.1 cm³/mol. The molecule has 46 valence electrons. The fourth-order valence-electron chi connectivity index (χ4n) is 0.250. The van der Waals surface area contributed by atoms with Gasteiger partial charge in [0.15, 0.2) is 0 Å². The van der Waals surface area contributed by atoms with E-state index in [1.807, 2.05) is 13.8 Å². The van der Waals surface area contributed by atoms with E-state index < -0.39 is 0 Å². The Morgan fingerprint density at radius 1 is 1.50 bits per heavy atom. The number of hydrogen-bond acceptors (Lipinski definition) is 1. The molecule has 0 N–H and O–H groups in total. The SMILES string of the molecule is CC.Fn1cccn1. The molecule has 0 bridgehead atoms. The van der Waals surface area contributed by atoms with Crippen LogP contribution in [0.25, 0.3) is 0 Å². The van der Waals surface area contributed by atoms with E-state index >= 15 is 0 Å². The van der Waals surface area contributed by atoms with Crippen LogP contribution in [0.4, 0.5) is 4.48 Å². The molecule has 2 nitrogen and oxygen atoms in total. The molecular weight excluding hydrogens is 107 g/mol. The van der Waals surface area contributed by atoms with Gasteiger partial charge in [0, 0.05) is 0 Å². The number of aromatic nitrogens is 2. The summed E-state index contributed by atoms with van der Waals surface area (Å²) in [5.74, 6) is 0. The Labute approximate surface area is 47.9 Å². The summed E-state index contributed by atoms with van der Waals surface area (Å²) in [7, 11) is 0. The first-order valence-corrected chi connectivity index (χ1v) is 2.55. The molecule has 0 saturated heterocycles. The molecule has 1 aromatic rings. The third-order valence-corrected chi connectivity index (χ3v) is 0.472. The molecule has 0 spiro atoms. The summed E-state index contributed by atoms with van der Waals surface area (Å²) >= 11 is 0. The summed E-state index contributed by atoms with van der Waals surface area (Å²) in [6, 6.07) is 1.51. The largest absolute Gasteiger partial charge is 0.151 e. The molecule has 0 unspecified atom stereocenters. The van der Waals surface area contributed by atoms with E-state index in [-0.39, 0.29) is 4.90 Å². The Bertz CT molecular complexity index is 114. The van der Waals surface area contributed by atoms with Crippen LogP contribution in [-0.2, 0) is 0 Å². The number of rotatable bonds is 0. The van der Waals surface area contributed by atoms with Gasteiger partial charge in [-0.1, -0.05) is 18.3 Å². The van der Waals surface area contributed by atoms with Gasteiger partial charge in [-0.25, -0.2) is 0 Å². The molecule has 0 aliphatic heterocycles. The van der Waals surface area contributed by atoms with Crippen LogP contribution in [0.5, 0.6) is 0 Å². The van der Waals surface area contributed by atoms with Crippen molar-refractivity contribution in [3.8, 4) is 0 Å². The quantitative estimate of drug-likeness (QED) is 0.504. The van der Waals surface area contributed by atoms with Gasteiger partial charge in [0.2, 0.25) is 0 Å². The van der Waals surface area contributed by atoms with Crippen LogP contribution in [0, 0.1) is 0 Å². The van der Waals surface area contributed by atoms with E-state index in [0.29, 0.717) is 0 Å². The second-order valence-corrected chi connectivity index (χ2v) is 0.895. The lowest BCUT2D eigenvalue weighted by molar-refractivity contribution is 0.316.